The van der Waals surface area contributed by atoms with Gasteiger partial charge in [-0.1, -0.05) is 0 Å². The SMILES string of the molecule is NC(N)=N/N=C/C=C/c1ccc([N+](=O)[O-])o1. The molecule has 0 bridgehead atoms. The molecule has 0 saturated heterocycles. The van der Waals surface area contributed by atoms with Crippen LogP contribution in [0.4, 0.5) is 5.88 Å². The zero-order valence-corrected chi connectivity index (χ0v) is 8.11. The van der Waals surface area contributed by atoms with Gasteiger partial charge in [-0.05, 0) is 18.2 Å². The summed E-state index contributed by atoms with van der Waals surface area (Å²) >= 11 is 0. The van der Waals surface area contributed by atoms with E-state index >= 15 is 0 Å². The first-order valence-electron chi connectivity index (χ1n) is 4.12. The Hall–Kier alpha value is -2.64. The Morgan fingerprint density at radius 1 is 1.50 bits per heavy atom. The zero-order chi connectivity index (χ0) is 12.0. The van der Waals surface area contributed by atoms with Crippen molar-refractivity contribution in [2.75, 3.05) is 0 Å². The van der Waals surface area contributed by atoms with Crippen LogP contribution in [0.3, 0.4) is 0 Å². The number of nitro groups is 1. The van der Waals surface area contributed by atoms with Crippen LogP contribution in [0.25, 0.3) is 6.08 Å². The maximum absolute atomic E-state index is 10.3. The van der Waals surface area contributed by atoms with E-state index in [0.717, 1.165) is 0 Å². The van der Waals surface area contributed by atoms with Crippen molar-refractivity contribution in [2.45, 2.75) is 0 Å². The summed E-state index contributed by atoms with van der Waals surface area (Å²) in [7, 11) is 0. The molecule has 0 unspecified atom stereocenters. The second-order valence-electron chi connectivity index (χ2n) is 2.58. The van der Waals surface area contributed by atoms with Gasteiger partial charge in [-0.3, -0.25) is 10.1 Å². The second kappa shape index (κ2) is 5.29. The van der Waals surface area contributed by atoms with E-state index in [1.54, 1.807) is 0 Å². The molecule has 0 radical (unpaired) electrons. The summed E-state index contributed by atoms with van der Waals surface area (Å²) in [5.41, 5.74) is 10.0. The number of hydrogen-bond donors (Lipinski definition) is 2. The van der Waals surface area contributed by atoms with Crippen LogP contribution in [0.1, 0.15) is 5.76 Å². The van der Waals surface area contributed by atoms with Crippen molar-refractivity contribution in [3.63, 3.8) is 0 Å². The van der Waals surface area contributed by atoms with E-state index < -0.39 is 4.92 Å². The van der Waals surface area contributed by atoms with E-state index in [1.807, 2.05) is 0 Å². The third kappa shape index (κ3) is 3.62. The summed E-state index contributed by atoms with van der Waals surface area (Å²) in [6.45, 7) is 0. The van der Waals surface area contributed by atoms with Crippen molar-refractivity contribution in [3.05, 3.63) is 34.1 Å². The van der Waals surface area contributed by atoms with Crippen LogP contribution in [0.2, 0.25) is 0 Å². The van der Waals surface area contributed by atoms with Crippen molar-refractivity contribution in [2.24, 2.45) is 21.7 Å². The van der Waals surface area contributed by atoms with E-state index in [9.17, 15) is 10.1 Å². The fraction of sp³-hybridized carbons (Fsp3) is 0. The molecular weight excluding hydrogens is 214 g/mol. The second-order valence-corrected chi connectivity index (χ2v) is 2.58. The van der Waals surface area contributed by atoms with Crippen LogP contribution < -0.4 is 11.5 Å². The van der Waals surface area contributed by atoms with Gasteiger partial charge < -0.3 is 15.9 Å². The van der Waals surface area contributed by atoms with Gasteiger partial charge in [0.05, 0.1) is 6.07 Å². The third-order valence-electron chi connectivity index (χ3n) is 1.38. The topological polar surface area (TPSA) is 133 Å². The molecular formula is C8H9N5O3. The van der Waals surface area contributed by atoms with Crippen molar-refractivity contribution in [1.82, 2.24) is 0 Å². The summed E-state index contributed by atoms with van der Waals surface area (Å²) in [4.78, 5) is 9.66. The number of rotatable bonds is 4. The van der Waals surface area contributed by atoms with E-state index in [4.69, 9.17) is 15.9 Å². The molecule has 8 heteroatoms. The van der Waals surface area contributed by atoms with Crippen LogP contribution in [-0.2, 0) is 0 Å². The molecule has 0 amide bonds. The fourth-order valence-electron chi connectivity index (χ4n) is 0.806. The zero-order valence-electron chi connectivity index (χ0n) is 8.11. The van der Waals surface area contributed by atoms with Gasteiger partial charge in [0.1, 0.15) is 10.7 Å². The Morgan fingerprint density at radius 3 is 2.81 bits per heavy atom. The summed E-state index contributed by atoms with van der Waals surface area (Å²) in [5, 5.41) is 17.1. The predicted octanol–water partition coefficient (Wildman–Crippen LogP) is 0.460. The Kier molecular flexibility index (Phi) is 3.78. The molecule has 0 aromatic carbocycles. The highest BCUT2D eigenvalue weighted by molar-refractivity contribution is 5.80. The molecule has 0 aliphatic carbocycles. The molecule has 1 aromatic rings. The van der Waals surface area contributed by atoms with E-state index in [-0.39, 0.29) is 11.8 Å². The highest BCUT2D eigenvalue weighted by atomic mass is 16.6. The first-order chi connectivity index (χ1) is 7.59. The van der Waals surface area contributed by atoms with Crippen molar-refractivity contribution < 1.29 is 9.34 Å². The number of nitrogens with two attached hydrogens (primary N) is 2. The van der Waals surface area contributed by atoms with Crippen LogP contribution in [0, 0.1) is 10.1 Å². The van der Waals surface area contributed by atoms with Crippen molar-refractivity contribution in [1.29, 1.82) is 0 Å². The number of guanidine groups is 1. The molecule has 0 atom stereocenters. The standard InChI is InChI=1S/C8H9N5O3/c9-8(10)12-11-5-1-2-6-3-4-7(16-6)13(14)15/h1-5H,(H4,9,10,12)/b2-1+,11-5+. The van der Waals surface area contributed by atoms with E-state index in [2.05, 4.69) is 10.2 Å². The van der Waals surface area contributed by atoms with Crippen molar-refractivity contribution >= 4 is 24.1 Å². The van der Waals surface area contributed by atoms with Gasteiger partial charge in [-0.2, -0.15) is 5.10 Å². The predicted molar refractivity (Wildman–Crippen MR) is 58.7 cm³/mol. The lowest BCUT2D eigenvalue weighted by Crippen LogP contribution is -2.21. The molecule has 8 nitrogen and oxygen atoms in total. The molecule has 0 spiro atoms. The minimum Gasteiger partial charge on any atom is -0.401 e. The maximum atomic E-state index is 10.3. The lowest BCUT2D eigenvalue weighted by Gasteiger charge is -1.83. The monoisotopic (exact) mass is 223 g/mol. The van der Waals surface area contributed by atoms with Gasteiger partial charge in [0, 0.05) is 6.21 Å². The molecule has 16 heavy (non-hydrogen) atoms. The molecule has 0 saturated carbocycles. The van der Waals surface area contributed by atoms with Crippen LogP contribution in [0.5, 0.6) is 0 Å². The molecule has 0 fully saturated rings. The fourth-order valence-corrected chi connectivity index (χ4v) is 0.806. The average molecular weight is 223 g/mol. The Labute approximate surface area is 90.1 Å². The number of hydrogen-bond acceptors (Lipinski definition) is 5. The van der Waals surface area contributed by atoms with Crippen LogP contribution in [0.15, 0.2) is 32.8 Å². The van der Waals surface area contributed by atoms with E-state index in [0.29, 0.717) is 5.76 Å². The molecule has 1 heterocycles. The lowest BCUT2D eigenvalue weighted by atomic mass is 10.4. The quantitative estimate of drug-likeness (QED) is 0.331. The molecule has 0 aliphatic rings. The van der Waals surface area contributed by atoms with E-state index in [1.165, 1.54) is 30.5 Å². The first-order valence-corrected chi connectivity index (χ1v) is 4.12. The first kappa shape index (κ1) is 11.4. The Balaban J connectivity index is 2.59. The lowest BCUT2D eigenvalue weighted by molar-refractivity contribution is -0.402. The maximum Gasteiger partial charge on any atom is 0.433 e. The van der Waals surface area contributed by atoms with Gasteiger partial charge >= 0.3 is 5.88 Å². The van der Waals surface area contributed by atoms with Gasteiger partial charge in [0.2, 0.25) is 5.96 Å². The highest BCUT2D eigenvalue weighted by Gasteiger charge is 2.09. The number of nitrogens with zero attached hydrogens (tertiary/aromatic N) is 3. The van der Waals surface area contributed by atoms with Gasteiger partial charge in [-0.25, -0.2) is 0 Å². The largest absolute Gasteiger partial charge is 0.433 e. The minimum atomic E-state index is -0.620. The summed E-state index contributed by atoms with van der Waals surface area (Å²) < 4.78 is 4.84. The summed E-state index contributed by atoms with van der Waals surface area (Å²) in [6.07, 6.45) is 4.28. The molecule has 84 valence electrons. The van der Waals surface area contributed by atoms with Gasteiger partial charge in [-0.15, -0.1) is 5.10 Å². The Bertz CT molecular complexity index is 456. The molecule has 1 aromatic heterocycles. The molecule has 4 N–H and O–H groups in total. The molecule has 0 aliphatic heterocycles. The Morgan fingerprint density at radius 2 is 2.25 bits per heavy atom. The average Bonchev–Trinajstić information content (AvgIpc) is 2.65. The molecule has 1 rings (SSSR count). The highest BCUT2D eigenvalue weighted by Crippen LogP contribution is 2.16. The minimum absolute atomic E-state index is 0.154. The van der Waals surface area contributed by atoms with Gasteiger partial charge in [0.25, 0.3) is 0 Å². The number of allylic oxidation sites excluding steroid dienone is 1. The van der Waals surface area contributed by atoms with Crippen molar-refractivity contribution in [3.8, 4) is 0 Å². The normalized spacial score (nSPS) is 11.0. The smallest absolute Gasteiger partial charge is 0.401 e. The summed E-state index contributed by atoms with van der Waals surface area (Å²) in [5.74, 6) is -0.137. The number of furan rings is 1. The van der Waals surface area contributed by atoms with Crippen LogP contribution in [-0.4, -0.2) is 17.1 Å². The van der Waals surface area contributed by atoms with Gasteiger partial charge in [0.15, 0.2) is 0 Å². The third-order valence-corrected chi connectivity index (χ3v) is 1.38. The van der Waals surface area contributed by atoms with Crippen LogP contribution >= 0.6 is 0 Å². The summed E-state index contributed by atoms with van der Waals surface area (Å²) in [6, 6.07) is 2.72.